The maximum absolute atomic E-state index is 5.66. The highest BCUT2D eigenvalue weighted by Gasteiger charge is 2.15. The molecule has 0 saturated carbocycles. The first-order chi connectivity index (χ1) is 10.1. The lowest BCUT2D eigenvalue weighted by molar-refractivity contribution is 0.0325. The van der Waals surface area contributed by atoms with Crippen molar-refractivity contribution in [1.29, 1.82) is 0 Å². The summed E-state index contributed by atoms with van der Waals surface area (Å²) in [7, 11) is 0. The van der Waals surface area contributed by atoms with Gasteiger partial charge in [0.25, 0.3) is 5.88 Å². The van der Waals surface area contributed by atoms with Crippen molar-refractivity contribution in [2.45, 2.75) is 26.9 Å². The molecule has 6 heteroatoms. The highest BCUT2D eigenvalue weighted by molar-refractivity contribution is 5.44. The SMILES string of the molecule is CC(CNc1nccnc1OC(C)C)CN1CCOCC1. The Bertz CT molecular complexity index is 422. The molecule has 21 heavy (non-hydrogen) atoms. The van der Waals surface area contributed by atoms with Gasteiger partial charge in [-0.25, -0.2) is 9.97 Å². The molecule has 1 fully saturated rings. The second-order valence-electron chi connectivity index (χ2n) is 5.78. The topological polar surface area (TPSA) is 59.5 Å². The molecule has 1 N–H and O–H groups in total. The highest BCUT2D eigenvalue weighted by Crippen LogP contribution is 2.19. The molecule has 1 aromatic rings. The van der Waals surface area contributed by atoms with Crippen molar-refractivity contribution in [2.75, 3.05) is 44.7 Å². The summed E-state index contributed by atoms with van der Waals surface area (Å²) in [6.07, 6.45) is 3.43. The molecular weight excluding hydrogens is 268 g/mol. The standard InChI is InChI=1S/C15H26N4O2/c1-12(2)21-15-14(16-4-5-17-15)18-10-13(3)11-19-6-8-20-9-7-19/h4-5,12-13H,6-11H2,1-3H3,(H,16,18). The molecule has 6 nitrogen and oxygen atoms in total. The fourth-order valence-electron chi connectivity index (χ4n) is 2.32. The number of hydrogen-bond donors (Lipinski definition) is 1. The van der Waals surface area contributed by atoms with Gasteiger partial charge in [-0.3, -0.25) is 4.90 Å². The van der Waals surface area contributed by atoms with Crippen molar-refractivity contribution in [3.8, 4) is 5.88 Å². The van der Waals surface area contributed by atoms with Crippen LogP contribution in [0.2, 0.25) is 0 Å². The summed E-state index contributed by atoms with van der Waals surface area (Å²) in [5, 5.41) is 3.35. The number of aromatic nitrogens is 2. The molecule has 2 heterocycles. The summed E-state index contributed by atoms with van der Waals surface area (Å²) in [5.74, 6) is 1.82. The zero-order valence-corrected chi connectivity index (χ0v) is 13.2. The van der Waals surface area contributed by atoms with E-state index < -0.39 is 0 Å². The van der Waals surface area contributed by atoms with Gasteiger partial charge in [-0.05, 0) is 19.8 Å². The van der Waals surface area contributed by atoms with Crippen LogP contribution in [0.5, 0.6) is 5.88 Å². The van der Waals surface area contributed by atoms with Crippen LogP contribution in [-0.4, -0.2) is 60.4 Å². The molecular formula is C15H26N4O2. The summed E-state index contributed by atoms with van der Waals surface area (Å²) in [5.41, 5.74) is 0. The molecule has 0 aliphatic carbocycles. The monoisotopic (exact) mass is 294 g/mol. The van der Waals surface area contributed by atoms with Crippen molar-refractivity contribution in [2.24, 2.45) is 5.92 Å². The zero-order valence-electron chi connectivity index (χ0n) is 13.2. The second-order valence-corrected chi connectivity index (χ2v) is 5.78. The number of nitrogens with zero attached hydrogens (tertiary/aromatic N) is 3. The summed E-state index contributed by atoms with van der Waals surface area (Å²) >= 11 is 0. The molecule has 1 unspecified atom stereocenters. The van der Waals surface area contributed by atoms with Gasteiger partial charge in [0, 0.05) is 38.6 Å². The molecule has 2 rings (SSSR count). The van der Waals surface area contributed by atoms with Crippen LogP contribution in [0.15, 0.2) is 12.4 Å². The Morgan fingerprint density at radius 3 is 2.67 bits per heavy atom. The molecule has 1 saturated heterocycles. The minimum atomic E-state index is 0.0908. The predicted octanol–water partition coefficient (Wildman–Crippen LogP) is 1.64. The lowest BCUT2D eigenvalue weighted by Crippen LogP contribution is -2.40. The van der Waals surface area contributed by atoms with Crippen LogP contribution in [0.25, 0.3) is 0 Å². The Balaban J connectivity index is 1.81. The van der Waals surface area contributed by atoms with Gasteiger partial charge in [0.2, 0.25) is 0 Å². The average molecular weight is 294 g/mol. The van der Waals surface area contributed by atoms with Crippen LogP contribution in [0, 0.1) is 5.92 Å². The lowest BCUT2D eigenvalue weighted by Gasteiger charge is -2.29. The number of ether oxygens (including phenoxy) is 2. The molecule has 1 aliphatic rings. The minimum absolute atomic E-state index is 0.0908. The van der Waals surface area contributed by atoms with Crippen LogP contribution in [-0.2, 0) is 4.74 Å². The van der Waals surface area contributed by atoms with Gasteiger partial charge in [-0.2, -0.15) is 0 Å². The third-order valence-electron chi connectivity index (χ3n) is 3.30. The van der Waals surface area contributed by atoms with Gasteiger partial charge in [0.1, 0.15) is 0 Å². The maximum atomic E-state index is 5.66. The first kappa shape index (κ1) is 16.0. The van der Waals surface area contributed by atoms with Gasteiger partial charge in [-0.15, -0.1) is 0 Å². The molecule has 0 bridgehead atoms. The summed E-state index contributed by atoms with van der Waals surface area (Å²) < 4.78 is 11.0. The summed E-state index contributed by atoms with van der Waals surface area (Å²) in [6.45, 7) is 11.9. The van der Waals surface area contributed by atoms with Gasteiger partial charge in [-0.1, -0.05) is 6.92 Å². The van der Waals surface area contributed by atoms with Gasteiger partial charge in [0.15, 0.2) is 5.82 Å². The van der Waals surface area contributed by atoms with E-state index in [9.17, 15) is 0 Å². The van der Waals surface area contributed by atoms with E-state index in [1.807, 2.05) is 13.8 Å². The molecule has 0 aromatic carbocycles. The van der Waals surface area contributed by atoms with Crippen molar-refractivity contribution < 1.29 is 9.47 Å². The number of nitrogens with one attached hydrogen (secondary N) is 1. The third kappa shape index (κ3) is 5.47. The first-order valence-electron chi connectivity index (χ1n) is 7.66. The molecule has 0 radical (unpaired) electrons. The van der Waals surface area contributed by atoms with E-state index in [2.05, 4.69) is 27.1 Å². The number of morpholine rings is 1. The molecule has 1 aliphatic heterocycles. The molecule has 1 atom stereocenters. The van der Waals surface area contributed by atoms with Crippen molar-refractivity contribution in [1.82, 2.24) is 14.9 Å². The Labute approximate surface area is 126 Å². The van der Waals surface area contributed by atoms with Crippen LogP contribution < -0.4 is 10.1 Å². The van der Waals surface area contributed by atoms with Crippen molar-refractivity contribution in [3.63, 3.8) is 0 Å². The van der Waals surface area contributed by atoms with Crippen molar-refractivity contribution in [3.05, 3.63) is 12.4 Å². The second kappa shape index (κ2) is 8.14. The van der Waals surface area contributed by atoms with Gasteiger partial charge < -0.3 is 14.8 Å². The Morgan fingerprint density at radius 2 is 1.95 bits per heavy atom. The summed E-state index contributed by atoms with van der Waals surface area (Å²) in [4.78, 5) is 11.0. The highest BCUT2D eigenvalue weighted by atomic mass is 16.5. The zero-order chi connectivity index (χ0) is 15.1. The van der Waals surface area contributed by atoms with Gasteiger partial charge in [0.05, 0.1) is 19.3 Å². The van der Waals surface area contributed by atoms with Crippen LogP contribution in [0.1, 0.15) is 20.8 Å². The largest absolute Gasteiger partial charge is 0.472 e. The fraction of sp³-hybridized carbons (Fsp3) is 0.733. The van der Waals surface area contributed by atoms with E-state index >= 15 is 0 Å². The number of hydrogen-bond acceptors (Lipinski definition) is 6. The van der Waals surface area contributed by atoms with Crippen LogP contribution in [0.3, 0.4) is 0 Å². The average Bonchev–Trinajstić information content (AvgIpc) is 2.47. The summed E-state index contributed by atoms with van der Waals surface area (Å²) in [6, 6.07) is 0. The van der Waals surface area contributed by atoms with E-state index in [1.54, 1.807) is 12.4 Å². The van der Waals surface area contributed by atoms with E-state index in [0.717, 1.165) is 45.2 Å². The molecule has 0 amide bonds. The fourth-order valence-corrected chi connectivity index (χ4v) is 2.32. The van der Waals surface area contributed by atoms with E-state index in [4.69, 9.17) is 9.47 Å². The van der Waals surface area contributed by atoms with Crippen molar-refractivity contribution >= 4 is 5.82 Å². The van der Waals surface area contributed by atoms with E-state index in [0.29, 0.717) is 11.8 Å². The quantitative estimate of drug-likeness (QED) is 0.825. The normalized spacial score (nSPS) is 17.7. The first-order valence-corrected chi connectivity index (χ1v) is 7.66. The Hall–Kier alpha value is -1.40. The van der Waals surface area contributed by atoms with Crippen LogP contribution in [0.4, 0.5) is 5.82 Å². The Morgan fingerprint density at radius 1 is 1.24 bits per heavy atom. The number of anilines is 1. The van der Waals surface area contributed by atoms with E-state index in [-0.39, 0.29) is 6.10 Å². The molecule has 0 spiro atoms. The molecule has 1 aromatic heterocycles. The predicted molar refractivity (Wildman–Crippen MR) is 82.7 cm³/mol. The minimum Gasteiger partial charge on any atom is -0.472 e. The van der Waals surface area contributed by atoms with E-state index in [1.165, 1.54) is 0 Å². The smallest absolute Gasteiger partial charge is 0.257 e. The third-order valence-corrected chi connectivity index (χ3v) is 3.30. The maximum Gasteiger partial charge on any atom is 0.257 e. The molecule has 118 valence electrons. The lowest BCUT2D eigenvalue weighted by atomic mass is 10.1. The van der Waals surface area contributed by atoms with Crippen LogP contribution >= 0.6 is 0 Å². The van der Waals surface area contributed by atoms with Gasteiger partial charge >= 0.3 is 0 Å². The Kier molecular flexibility index (Phi) is 6.20. The number of rotatable bonds is 7.